The zero-order chi connectivity index (χ0) is 26.6. The summed E-state index contributed by atoms with van der Waals surface area (Å²) in [7, 11) is 0. The van der Waals surface area contributed by atoms with Crippen LogP contribution in [0.5, 0.6) is 0 Å². The zero-order valence-electron chi connectivity index (χ0n) is 22.4. The van der Waals surface area contributed by atoms with Crippen molar-refractivity contribution in [3.05, 3.63) is 15.8 Å². The van der Waals surface area contributed by atoms with Gasteiger partial charge in [0.05, 0.1) is 23.8 Å². The molecule has 1 aliphatic carbocycles. The number of anilines is 1. The molecule has 7 nitrogen and oxygen atoms in total. The van der Waals surface area contributed by atoms with Crippen LogP contribution in [0.4, 0.5) is 5.69 Å². The van der Waals surface area contributed by atoms with Crippen LogP contribution >= 0.6 is 11.3 Å². The molecular formula is C28H40N2O5S. The fourth-order valence-electron chi connectivity index (χ4n) is 4.80. The van der Waals surface area contributed by atoms with Crippen molar-refractivity contribution in [2.75, 3.05) is 31.2 Å². The second-order valence-electron chi connectivity index (χ2n) is 11.4. The zero-order valence-corrected chi connectivity index (χ0v) is 23.2. The van der Waals surface area contributed by atoms with Crippen LogP contribution in [0.25, 0.3) is 0 Å². The molecule has 1 atom stereocenters. The number of carboxylic acid groups (broad SMARTS) is 1. The van der Waals surface area contributed by atoms with Gasteiger partial charge in [-0.3, -0.25) is 14.5 Å². The number of carbonyl (C=O) groups is 3. The molecular weight excluding hydrogens is 476 g/mol. The Morgan fingerprint density at radius 1 is 1.14 bits per heavy atom. The average Bonchev–Trinajstić information content (AvgIpc) is 3.25. The predicted molar refractivity (Wildman–Crippen MR) is 142 cm³/mol. The van der Waals surface area contributed by atoms with E-state index in [1.165, 1.54) is 4.90 Å². The molecule has 0 aromatic carbocycles. The number of hydrogen-bond donors (Lipinski definition) is 1. The van der Waals surface area contributed by atoms with Gasteiger partial charge in [-0.2, -0.15) is 0 Å². The molecule has 3 rings (SSSR count). The maximum Gasteiger partial charge on any atom is 0.348 e. The number of aromatic carboxylic acids is 1. The summed E-state index contributed by atoms with van der Waals surface area (Å²) in [4.78, 5) is 44.2. The highest BCUT2D eigenvalue weighted by Crippen LogP contribution is 2.38. The second-order valence-corrected chi connectivity index (χ2v) is 12.5. The van der Waals surface area contributed by atoms with Gasteiger partial charge in [0, 0.05) is 24.4 Å². The van der Waals surface area contributed by atoms with Crippen LogP contribution in [0.2, 0.25) is 0 Å². The van der Waals surface area contributed by atoms with Crippen LogP contribution in [0.3, 0.4) is 0 Å². The van der Waals surface area contributed by atoms with Gasteiger partial charge in [0.1, 0.15) is 10.9 Å². The van der Waals surface area contributed by atoms with E-state index in [1.54, 1.807) is 11.0 Å². The van der Waals surface area contributed by atoms with Crippen molar-refractivity contribution in [2.24, 2.45) is 23.2 Å². The van der Waals surface area contributed by atoms with Gasteiger partial charge in [-0.05, 0) is 64.4 Å². The topological polar surface area (TPSA) is 87.2 Å². The Hall–Kier alpha value is -2.37. The van der Waals surface area contributed by atoms with Gasteiger partial charge in [0.25, 0.3) is 0 Å². The van der Waals surface area contributed by atoms with Crippen molar-refractivity contribution in [1.29, 1.82) is 0 Å². The number of rotatable bonds is 6. The van der Waals surface area contributed by atoms with Crippen molar-refractivity contribution >= 4 is 34.8 Å². The van der Waals surface area contributed by atoms with E-state index in [0.717, 1.165) is 37.0 Å². The highest BCUT2D eigenvalue weighted by atomic mass is 32.1. The van der Waals surface area contributed by atoms with Crippen LogP contribution in [-0.2, 0) is 14.3 Å². The van der Waals surface area contributed by atoms with Crippen LogP contribution in [-0.4, -0.2) is 60.1 Å². The number of carboxylic acids is 1. The highest BCUT2D eigenvalue weighted by Gasteiger charge is 2.41. The van der Waals surface area contributed by atoms with Crippen molar-refractivity contribution in [2.45, 2.75) is 73.3 Å². The molecule has 2 amide bonds. The summed E-state index contributed by atoms with van der Waals surface area (Å²) in [5.74, 6) is 4.95. The highest BCUT2D eigenvalue weighted by molar-refractivity contribution is 7.15. The van der Waals surface area contributed by atoms with Gasteiger partial charge in [0.2, 0.25) is 11.8 Å². The van der Waals surface area contributed by atoms with Gasteiger partial charge in [0.15, 0.2) is 0 Å². The minimum Gasteiger partial charge on any atom is -0.477 e. The van der Waals surface area contributed by atoms with E-state index < -0.39 is 12.0 Å². The summed E-state index contributed by atoms with van der Waals surface area (Å²) in [6.07, 6.45) is 3.39. The number of ether oxygens (including phenoxy) is 1. The Bertz CT molecular complexity index is 1010. The monoisotopic (exact) mass is 516 g/mol. The molecule has 8 heteroatoms. The summed E-state index contributed by atoms with van der Waals surface area (Å²) in [6.45, 7) is 13.8. The maximum atomic E-state index is 14.1. The van der Waals surface area contributed by atoms with Crippen molar-refractivity contribution in [3.63, 3.8) is 0 Å². The summed E-state index contributed by atoms with van der Waals surface area (Å²) >= 11 is 1.07. The summed E-state index contributed by atoms with van der Waals surface area (Å²) in [5.41, 5.74) is 0.0314. The van der Waals surface area contributed by atoms with Gasteiger partial charge < -0.3 is 14.7 Å². The minimum absolute atomic E-state index is 0.0474. The lowest BCUT2D eigenvalue weighted by Crippen LogP contribution is -2.57. The van der Waals surface area contributed by atoms with E-state index in [1.807, 2.05) is 34.6 Å². The molecule has 36 heavy (non-hydrogen) atoms. The van der Waals surface area contributed by atoms with Gasteiger partial charge in [-0.15, -0.1) is 11.3 Å². The van der Waals surface area contributed by atoms with Crippen molar-refractivity contribution in [1.82, 2.24) is 4.90 Å². The minimum atomic E-state index is -1.12. The van der Waals surface area contributed by atoms with Gasteiger partial charge >= 0.3 is 5.97 Å². The predicted octanol–water partition coefficient (Wildman–Crippen LogP) is 4.89. The smallest absolute Gasteiger partial charge is 0.348 e. The van der Waals surface area contributed by atoms with E-state index in [-0.39, 0.29) is 39.6 Å². The number of thiophene rings is 1. The van der Waals surface area contributed by atoms with Gasteiger partial charge in [-0.1, -0.05) is 32.6 Å². The van der Waals surface area contributed by atoms with Crippen LogP contribution in [0, 0.1) is 35.0 Å². The molecule has 2 fully saturated rings. The van der Waals surface area contributed by atoms with E-state index >= 15 is 0 Å². The third-order valence-corrected chi connectivity index (χ3v) is 7.84. The first-order chi connectivity index (χ1) is 16.9. The Morgan fingerprint density at radius 2 is 1.75 bits per heavy atom. The van der Waals surface area contributed by atoms with E-state index in [0.29, 0.717) is 37.1 Å². The van der Waals surface area contributed by atoms with Crippen LogP contribution < -0.4 is 4.90 Å². The largest absolute Gasteiger partial charge is 0.477 e. The molecule has 0 radical (unpaired) electrons. The first-order valence-electron chi connectivity index (χ1n) is 13.0. The third-order valence-electron chi connectivity index (χ3n) is 6.81. The lowest BCUT2D eigenvalue weighted by molar-refractivity contribution is -0.140. The molecule has 1 saturated heterocycles. The molecule has 2 aliphatic rings. The number of hydrogen-bond acceptors (Lipinski definition) is 5. The SMILES string of the molecule is CC1CCC(C(=O)N(c2cc(C#CC(C)(C)C)sc2C(=O)O)[C@@H](C(=O)N2CCOCC2)C(C)C)CC1. The standard InChI is InChI=1S/C28H40N2O5S/c1-18(2)23(26(32)29-13-15-35-16-14-29)30(25(31)20-9-7-19(3)8-10-20)22-17-21(11-12-28(4,5)6)36-24(22)27(33)34/h17-20,23H,7-10,13-16H2,1-6H3,(H,33,34)/t19?,20?,23-/m1/s1. The number of amides is 2. The normalized spacial score (nSPS) is 21.5. The second kappa shape index (κ2) is 11.8. The third kappa shape index (κ3) is 6.89. The van der Waals surface area contributed by atoms with E-state index in [4.69, 9.17) is 4.74 Å². The Balaban J connectivity index is 2.11. The molecule has 1 saturated carbocycles. The fourth-order valence-corrected chi connectivity index (χ4v) is 5.64. The summed E-state index contributed by atoms with van der Waals surface area (Å²) < 4.78 is 5.43. The van der Waals surface area contributed by atoms with E-state index in [9.17, 15) is 19.5 Å². The number of morpholine rings is 1. The molecule has 198 valence electrons. The molecule has 0 spiro atoms. The number of nitrogens with zero attached hydrogens (tertiary/aromatic N) is 2. The first-order valence-corrected chi connectivity index (χ1v) is 13.8. The first kappa shape index (κ1) is 28.2. The molecule has 1 aliphatic heterocycles. The van der Waals surface area contributed by atoms with Crippen molar-refractivity contribution in [3.8, 4) is 11.8 Å². The molecule has 0 unspecified atom stereocenters. The molecule has 1 aromatic heterocycles. The quantitative estimate of drug-likeness (QED) is 0.544. The molecule has 1 aromatic rings. The lowest BCUT2D eigenvalue weighted by Gasteiger charge is -2.40. The lowest BCUT2D eigenvalue weighted by atomic mass is 9.81. The van der Waals surface area contributed by atoms with Gasteiger partial charge in [-0.25, -0.2) is 4.79 Å². The average molecular weight is 517 g/mol. The number of carbonyl (C=O) groups excluding carboxylic acids is 2. The Labute approximate surface area is 219 Å². The van der Waals surface area contributed by atoms with E-state index in [2.05, 4.69) is 18.8 Å². The maximum absolute atomic E-state index is 14.1. The summed E-state index contributed by atoms with van der Waals surface area (Å²) in [5, 5.41) is 10.1. The molecule has 2 heterocycles. The van der Waals surface area contributed by atoms with Crippen LogP contribution in [0.1, 0.15) is 81.8 Å². The molecule has 0 bridgehead atoms. The van der Waals surface area contributed by atoms with Crippen molar-refractivity contribution < 1.29 is 24.2 Å². The Kier molecular flexibility index (Phi) is 9.23. The summed E-state index contributed by atoms with van der Waals surface area (Å²) in [6, 6.07) is 0.893. The van der Waals surface area contributed by atoms with Crippen LogP contribution in [0.15, 0.2) is 6.07 Å². The fraction of sp³-hybridized carbons (Fsp3) is 0.679. The molecule has 1 N–H and O–H groups in total. The Morgan fingerprint density at radius 3 is 2.28 bits per heavy atom.